The van der Waals surface area contributed by atoms with Crippen LogP contribution in [0.4, 0.5) is 0 Å². The molecule has 1 aromatic rings. The zero-order valence-corrected chi connectivity index (χ0v) is 13.4. The number of aryl methyl sites for hydroxylation is 1. The molecule has 1 atom stereocenters. The predicted octanol–water partition coefficient (Wildman–Crippen LogP) is 3.16. The minimum Gasteiger partial charge on any atom is -0.351 e. The average Bonchev–Trinajstić information content (AvgIpc) is 2.36. The quantitative estimate of drug-likeness (QED) is 0.782. The number of Topliss-reactive ketones (excluding diaryl/α,β-unsaturated/α-hetero) is 1. The Morgan fingerprint density at radius 1 is 1.19 bits per heavy atom. The first kappa shape index (κ1) is 14.3. The zero-order chi connectivity index (χ0) is 15.2. The lowest BCUT2D eigenvalue weighted by Gasteiger charge is -2.39. The fraction of sp³-hybridized carbons (Fsp3) is 0.412. The van der Waals surface area contributed by atoms with Crippen molar-refractivity contribution >= 4 is 23.1 Å². The van der Waals surface area contributed by atoms with Gasteiger partial charge in [-0.25, -0.2) is 0 Å². The van der Waals surface area contributed by atoms with E-state index in [1.807, 2.05) is 0 Å². The van der Waals surface area contributed by atoms with E-state index in [0.717, 1.165) is 23.3 Å². The molecule has 2 aliphatic rings. The highest BCUT2D eigenvalue weighted by Gasteiger charge is 2.39. The van der Waals surface area contributed by atoms with E-state index in [1.54, 1.807) is 0 Å². The van der Waals surface area contributed by atoms with Gasteiger partial charge in [0.2, 0.25) is 0 Å². The first-order valence-electron chi connectivity index (χ1n) is 7.26. The van der Waals surface area contributed by atoms with Crippen molar-refractivity contribution in [3.05, 3.63) is 46.7 Å². The minimum atomic E-state index is -0.127. The monoisotopic (exact) mass is 300 g/mol. The number of thiocarbonyl (C=S) groups is 1. The van der Waals surface area contributed by atoms with Gasteiger partial charge in [-0.05, 0) is 36.5 Å². The molecular formula is C17H20N2OS. The van der Waals surface area contributed by atoms with Gasteiger partial charge in [-0.15, -0.1) is 0 Å². The van der Waals surface area contributed by atoms with Crippen molar-refractivity contribution in [3.63, 3.8) is 0 Å². The van der Waals surface area contributed by atoms with Gasteiger partial charge in [0.25, 0.3) is 0 Å². The molecule has 0 radical (unpaired) electrons. The van der Waals surface area contributed by atoms with Crippen LogP contribution in [-0.2, 0) is 4.79 Å². The highest BCUT2D eigenvalue weighted by Crippen LogP contribution is 2.41. The Morgan fingerprint density at radius 3 is 2.52 bits per heavy atom. The number of benzene rings is 1. The molecular weight excluding hydrogens is 280 g/mol. The zero-order valence-electron chi connectivity index (χ0n) is 12.6. The van der Waals surface area contributed by atoms with Crippen molar-refractivity contribution in [2.24, 2.45) is 5.41 Å². The predicted molar refractivity (Wildman–Crippen MR) is 87.8 cm³/mol. The van der Waals surface area contributed by atoms with E-state index in [4.69, 9.17) is 12.2 Å². The van der Waals surface area contributed by atoms with E-state index in [1.165, 1.54) is 5.56 Å². The normalized spacial score (nSPS) is 24.2. The third-order valence-corrected chi connectivity index (χ3v) is 4.38. The summed E-state index contributed by atoms with van der Waals surface area (Å²) in [5.41, 5.74) is 4.14. The molecule has 0 saturated carbocycles. The molecule has 0 spiro atoms. The van der Waals surface area contributed by atoms with Gasteiger partial charge in [-0.1, -0.05) is 43.7 Å². The van der Waals surface area contributed by atoms with Crippen molar-refractivity contribution < 1.29 is 4.79 Å². The molecule has 4 heteroatoms. The van der Waals surface area contributed by atoms with Crippen LogP contribution in [0.3, 0.4) is 0 Å². The van der Waals surface area contributed by atoms with E-state index in [-0.39, 0.29) is 17.2 Å². The van der Waals surface area contributed by atoms with Crippen LogP contribution < -0.4 is 10.6 Å². The summed E-state index contributed by atoms with van der Waals surface area (Å²) in [5, 5.41) is 7.05. The molecule has 2 N–H and O–H groups in total. The molecule has 1 heterocycles. The van der Waals surface area contributed by atoms with Crippen molar-refractivity contribution in [1.29, 1.82) is 0 Å². The molecule has 0 saturated heterocycles. The third kappa shape index (κ3) is 2.72. The maximum atomic E-state index is 12.6. The van der Waals surface area contributed by atoms with Gasteiger partial charge in [0.1, 0.15) is 0 Å². The van der Waals surface area contributed by atoms with Crippen molar-refractivity contribution in [2.45, 2.75) is 39.7 Å². The number of carbonyl (C=O) groups excluding carboxylic acids is 1. The van der Waals surface area contributed by atoms with Crippen LogP contribution in [0, 0.1) is 12.3 Å². The van der Waals surface area contributed by atoms with Gasteiger partial charge in [0.05, 0.1) is 6.04 Å². The molecule has 110 valence electrons. The van der Waals surface area contributed by atoms with Gasteiger partial charge < -0.3 is 10.6 Å². The third-order valence-electron chi connectivity index (χ3n) is 4.16. The lowest BCUT2D eigenvalue weighted by Crippen LogP contribution is -2.48. The summed E-state index contributed by atoms with van der Waals surface area (Å²) in [6.45, 7) is 6.31. The first-order valence-corrected chi connectivity index (χ1v) is 7.67. The van der Waals surface area contributed by atoms with Crippen LogP contribution in [0.25, 0.3) is 0 Å². The molecule has 1 aliphatic heterocycles. The summed E-state index contributed by atoms with van der Waals surface area (Å²) < 4.78 is 0. The highest BCUT2D eigenvalue weighted by atomic mass is 32.1. The van der Waals surface area contributed by atoms with E-state index in [9.17, 15) is 4.79 Å². The Kier molecular flexibility index (Phi) is 3.36. The van der Waals surface area contributed by atoms with Crippen molar-refractivity contribution in [3.8, 4) is 0 Å². The second-order valence-electron chi connectivity index (χ2n) is 6.78. The number of ketones is 1. The molecule has 1 aliphatic carbocycles. The fourth-order valence-corrected chi connectivity index (χ4v) is 3.41. The summed E-state index contributed by atoms with van der Waals surface area (Å²) >= 11 is 5.32. The summed E-state index contributed by atoms with van der Waals surface area (Å²) in [4.78, 5) is 12.6. The Balaban J connectivity index is 2.06. The van der Waals surface area contributed by atoms with E-state index < -0.39 is 0 Å². The molecule has 21 heavy (non-hydrogen) atoms. The summed E-state index contributed by atoms with van der Waals surface area (Å²) in [5.74, 6) is 0.217. The molecule has 3 rings (SSSR count). The Morgan fingerprint density at radius 2 is 1.86 bits per heavy atom. The van der Waals surface area contributed by atoms with Gasteiger partial charge in [-0.2, -0.15) is 0 Å². The summed E-state index contributed by atoms with van der Waals surface area (Å²) in [6, 6.07) is 8.15. The highest BCUT2D eigenvalue weighted by molar-refractivity contribution is 7.80. The van der Waals surface area contributed by atoms with Gasteiger partial charge in [-0.3, -0.25) is 4.79 Å². The fourth-order valence-electron chi connectivity index (χ4n) is 3.17. The first-order chi connectivity index (χ1) is 9.85. The van der Waals surface area contributed by atoms with Crippen LogP contribution in [0.2, 0.25) is 0 Å². The van der Waals surface area contributed by atoms with E-state index in [2.05, 4.69) is 55.7 Å². The van der Waals surface area contributed by atoms with Gasteiger partial charge in [0.15, 0.2) is 10.9 Å². The van der Waals surface area contributed by atoms with E-state index >= 15 is 0 Å². The van der Waals surface area contributed by atoms with Gasteiger partial charge >= 0.3 is 0 Å². The van der Waals surface area contributed by atoms with Gasteiger partial charge in [0, 0.05) is 17.7 Å². The maximum Gasteiger partial charge on any atom is 0.171 e. The number of allylic oxidation sites excluding steroid dienone is 1. The standard InChI is InChI=1S/C17H20N2OS/c1-10-4-6-11(7-5-10)15-14-12(18-16(21)19-15)8-17(2,3)9-13(14)20/h4-7,15H,8-9H2,1-3H3,(H2,18,19,21)/t15-/m1/s1. The Hall–Kier alpha value is -1.68. The Bertz CT molecular complexity index is 643. The summed E-state index contributed by atoms with van der Waals surface area (Å²) in [6.07, 6.45) is 1.45. The largest absolute Gasteiger partial charge is 0.351 e. The number of hydrogen-bond acceptors (Lipinski definition) is 2. The van der Waals surface area contributed by atoms with Crippen LogP contribution in [0.5, 0.6) is 0 Å². The lowest BCUT2D eigenvalue weighted by molar-refractivity contribution is -0.118. The summed E-state index contributed by atoms with van der Waals surface area (Å²) in [7, 11) is 0. The second kappa shape index (κ2) is 4.95. The van der Waals surface area contributed by atoms with Crippen molar-refractivity contribution in [2.75, 3.05) is 0 Å². The molecule has 0 unspecified atom stereocenters. The average molecular weight is 300 g/mol. The molecule has 0 amide bonds. The second-order valence-corrected chi connectivity index (χ2v) is 7.18. The minimum absolute atomic E-state index is 0.00625. The molecule has 3 nitrogen and oxygen atoms in total. The SMILES string of the molecule is Cc1ccc([C@H]2NC(=S)NC3=C2C(=O)CC(C)(C)C3)cc1. The van der Waals surface area contributed by atoms with Crippen molar-refractivity contribution in [1.82, 2.24) is 10.6 Å². The number of carbonyl (C=O) groups is 1. The molecule has 1 aromatic carbocycles. The number of rotatable bonds is 1. The molecule has 0 bridgehead atoms. The number of nitrogens with one attached hydrogen (secondary N) is 2. The van der Waals surface area contributed by atoms with Crippen LogP contribution in [0.15, 0.2) is 35.5 Å². The smallest absolute Gasteiger partial charge is 0.171 e. The lowest BCUT2D eigenvalue weighted by atomic mass is 9.73. The van der Waals surface area contributed by atoms with Crippen LogP contribution in [0.1, 0.15) is 43.9 Å². The van der Waals surface area contributed by atoms with Crippen LogP contribution >= 0.6 is 12.2 Å². The molecule has 0 aromatic heterocycles. The topological polar surface area (TPSA) is 41.1 Å². The molecule has 0 fully saturated rings. The Labute approximate surface area is 130 Å². The van der Waals surface area contributed by atoms with E-state index in [0.29, 0.717) is 11.5 Å². The number of hydrogen-bond donors (Lipinski definition) is 2. The maximum absolute atomic E-state index is 12.6. The van der Waals surface area contributed by atoms with Crippen LogP contribution in [-0.4, -0.2) is 10.9 Å².